The van der Waals surface area contributed by atoms with Crippen molar-refractivity contribution in [3.8, 4) is 0 Å². The van der Waals surface area contributed by atoms with Gasteiger partial charge in [0.1, 0.15) is 0 Å². The van der Waals surface area contributed by atoms with Crippen molar-refractivity contribution in [1.29, 1.82) is 0 Å². The summed E-state index contributed by atoms with van der Waals surface area (Å²) < 4.78 is 10.8. The molecular formula is C16H16N2O3. The maximum absolute atomic E-state index is 12.0. The molecule has 1 amide bonds. The van der Waals surface area contributed by atoms with Crippen LogP contribution in [0.2, 0.25) is 0 Å². The lowest BCUT2D eigenvalue weighted by Crippen LogP contribution is -2.23. The molecule has 2 aromatic rings. The van der Waals surface area contributed by atoms with E-state index in [1.165, 1.54) is 0 Å². The molecule has 1 aromatic heterocycles. The Kier molecular flexibility index (Phi) is 4.23. The topological polar surface area (TPSA) is 60.5 Å². The fourth-order valence-electron chi connectivity index (χ4n) is 2.12. The Balaban J connectivity index is 1.59. The average molecular weight is 284 g/mol. The number of amides is 1. The molecule has 21 heavy (non-hydrogen) atoms. The van der Waals surface area contributed by atoms with Crippen LogP contribution in [-0.2, 0) is 16.0 Å². The van der Waals surface area contributed by atoms with Crippen molar-refractivity contribution < 1.29 is 14.3 Å². The van der Waals surface area contributed by atoms with E-state index in [2.05, 4.69) is 10.3 Å². The minimum Gasteiger partial charge on any atom is -0.346 e. The number of benzene rings is 1. The summed E-state index contributed by atoms with van der Waals surface area (Å²) in [5, 5.41) is 2.84. The van der Waals surface area contributed by atoms with Gasteiger partial charge in [0.15, 0.2) is 6.29 Å². The van der Waals surface area contributed by atoms with Gasteiger partial charge in [0.25, 0.3) is 5.91 Å². The second kappa shape index (κ2) is 6.47. The predicted octanol–water partition coefficient (Wildman–Crippen LogP) is 2.06. The Hall–Kier alpha value is -2.24. The molecule has 0 spiro atoms. The molecule has 0 atom stereocenters. The van der Waals surface area contributed by atoms with Crippen LogP contribution in [0.25, 0.3) is 0 Å². The largest absolute Gasteiger partial charge is 0.346 e. The number of carbonyl (C=O) groups excluding carboxylic acids is 1. The Morgan fingerprint density at radius 3 is 2.57 bits per heavy atom. The van der Waals surface area contributed by atoms with Crippen LogP contribution in [0.5, 0.6) is 0 Å². The van der Waals surface area contributed by atoms with Crippen LogP contribution in [-0.4, -0.2) is 24.1 Å². The highest BCUT2D eigenvalue weighted by Gasteiger charge is 2.18. The van der Waals surface area contributed by atoms with Crippen molar-refractivity contribution in [3.63, 3.8) is 0 Å². The molecule has 3 rings (SSSR count). The third kappa shape index (κ3) is 3.45. The standard InChI is InChI=1S/C16H16N2O3/c19-15(18-11-14-3-1-2-8-17-14)12-4-6-13(7-5-12)16-20-9-10-21-16/h1-8,16H,9-11H2,(H,18,19). The summed E-state index contributed by atoms with van der Waals surface area (Å²) in [5.74, 6) is -0.125. The molecule has 1 saturated heterocycles. The molecular weight excluding hydrogens is 268 g/mol. The number of aromatic nitrogens is 1. The van der Waals surface area contributed by atoms with Crippen LogP contribution < -0.4 is 5.32 Å². The molecule has 5 nitrogen and oxygen atoms in total. The molecule has 108 valence electrons. The number of rotatable bonds is 4. The Morgan fingerprint density at radius 2 is 1.90 bits per heavy atom. The highest BCUT2D eigenvalue weighted by molar-refractivity contribution is 5.94. The first-order valence-electron chi connectivity index (χ1n) is 6.84. The number of ether oxygens (including phenoxy) is 2. The molecule has 5 heteroatoms. The maximum Gasteiger partial charge on any atom is 0.251 e. The Labute approximate surface area is 122 Å². The summed E-state index contributed by atoms with van der Waals surface area (Å²) in [6, 6.07) is 12.9. The van der Waals surface area contributed by atoms with Crippen LogP contribution in [0.4, 0.5) is 0 Å². The van der Waals surface area contributed by atoms with Gasteiger partial charge in [-0.05, 0) is 24.3 Å². The minimum absolute atomic E-state index is 0.125. The van der Waals surface area contributed by atoms with Crippen molar-refractivity contribution >= 4 is 5.91 Å². The van der Waals surface area contributed by atoms with Crippen LogP contribution in [0.3, 0.4) is 0 Å². The third-order valence-corrected chi connectivity index (χ3v) is 3.22. The number of hydrogen-bond donors (Lipinski definition) is 1. The van der Waals surface area contributed by atoms with Gasteiger partial charge in [-0.3, -0.25) is 9.78 Å². The van der Waals surface area contributed by atoms with Gasteiger partial charge >= 0.3 is 0 Å². The molecule has 0 radical (unpaired) electrons. The van der Waals surface area contributed by atoms with Crippen LogP contribution in [0.15, 0.2) is 48.7 Å². The van der Waals surface area contributed by atoms with Gasteiger partial charge in [0.2, 0.25) is 0 Å². The van der Waals surface area contributed by atoms with Crippen LogP contribution in [0.1, 0.15) is 27.9 Å². The maximum atomic E-state index is 12.0. The Morgan fingerprint density at radius 1 is 1.14 bits per heavy atom. The Bertz CT molecular complexity index is 593. The first-order valence-corrected chi connectivity index (χ1v) is 6.84. The van der Waals surface area contributed by atoms with Gasteiger partial charge in [0.05, 0.1) is 25.5 Å². The van der Waals surface area contributed by atoms with Crippen molar-refractivity contribution in [1.82, 2.24) is 10.3 Å². The summed E-state index contributed by atoms with van der Waals surface area (Å²) in [6.45, 7) is 1.63. The lowest BCUT2D eigenvalue weighted by atomic mass is 10.1. The number of carbonyl (C=O) groups is 1. The summed E-state index contributed by atoms with van der Waals surface area (Å²) >= 11 is 0. The predicted molar refractivity (Wildman–Crippen MR) is 76.5 cm³/mol. The van der Waals surface area contributed by atoms with Crippen molar-refractivity contribution in [3.05, 3.63) is 65.5 Å². The fraction of sp³-hybridized carbons (Fsp3) is 0.250. The molecule has 0 unspecified atom stereocenters. The number of nitrogens with one attached hydrogen (secondary N) is 1. The smallest absolute Gasteiger partial charge is 0.251 e. The summed E-state index contributed by atoms with van der Waals surface area (Å²) in [7, 11) is 0. The molecule has 1 N–H and O–H groups in total. The van der Waals surface area contributed by atoms with Crippen LogP contribution >= 0.6 is 0 Å². The fourth-order valence-corrected chi connectivity index (χ4v) is 2.12. The van der Waals surface area contributed by atoms with E-state index in [1.54, 1.807) is 18.3 Å². The van der Waals surface area contributed by atoms with Gasteiger partial charge in [0, 0.05) is 17.3 Å². The van der Waals surface area contributed by atoms with E-state index < -0.39 is 0 Å². The summed E-state index contributed by atoms with van der Waals surface area (Å²) in [6.07, 6.45) is 1.40. The van der Waals surface area contributed by atoms with Gasteiger partial charge in [-0.15, -0.1) is 0 Å². The number of pyridine rings is 1. The molecule has 1 aliphatic heterocycles. The van der Waals surface area contributed by atoms with Crippen LogP contribution in [0, 0.1) is 0 Å². The first-order chi connectivity index (χ1) is 10.3. The van der Waals surface area contributed by atoms with Gasteiger partial charge < -0.3 is 14.8 Å². The van der Waals surface area contributed by atoms with E-state index in [4.69, 9.17) is 9.47 Å². The molecule has 1 aromatic carbocycles. The monoisotopic (exact) mass is 284 g/mol. The molecule has 0 aliphatic carbocycles. The highest BCUT2D eigenvalue weighted by atomic mass is 16.7. The average Bonchev–Trinajstić information content (AvgIpc) is 3.08. The van der Waals surface area contributed by atoms with E-state index in [0.717, 1.165) is 11.3 Å². The second-order valence-corrected chi connectivity index (χ2v) is 4.70. The van der Waals surface area contributed by atoms with Crippen molar-refractivity contribution in [2.24, 2.45) is 0 Å². The van der Waals surface area contributed by atoms with E-state index in [-0.39, 0.29) is 12.2 Å². The summed E-state index contributed by atoms with van der Waals surface area (Å²) in [5.41, 5.74) is 2.36. The zero-order valence-corrected chi connectivity index (χ0v) is 11.5. The normalized spacial score (nSPS) is 15.0. The lowest BCUT2D eigenvalue weighted by Gasteiger charge is -2.10. The van der Waals surface area contributed by atoms with E-state index in [1.807, 2.05) is 30.3 Å². The van der Waals surface area contributed by atoms with E-state index in [9.17, 15) is 4.79 Å². The minimum atomic E-state index is -0.310. The van der Waals surface area contributed by atoms with E-state index in [0.29, 0.717) is 25.3 Å². The molecule has 0 bridgehead atoms. The quantitative estimate of drug-likeness (QED) is 0.933. The summed E-state index contributed by atoms with van der Waals surface area (Å²) in [4.78, 5) is 16.2. The number of nitrogens with zero attached hydrogens (tertiary/aromatic N) is 1. The lowest BCUT2D eigenvalue weighted by molar-refractivity contribution is -0.0441. The SMILES string of the molecule is O=C(NCc1ccccn1)c1ccc(C2OCCO2)cc1. The third-order valence-electron chi connectivity index (χ3n) is 3.22. The van der Waals surface area contributed by atoms with Crippen molar-refractivity contribution in [2.75, 3.05) is 13.2 Å². The first kappa shape index (κ1) is 13.7. The van der Waals surface area contributed by atoms with Crippen molar-refractivity contribution in [2.45, 2.75) is 12.8 Å². The highest BCUT2D eigenvalue weighted by Crippen LogP contribution is 2.23. The van der Waals surface area contributed by atoms with Gasteiger partial charge in [-0.2, -0.15) is 0 Å². The molecule has 1 fully saturated rings. The zero-order valence-electron chi connectivity index (χ0n) is 11.5. The van der Waals surface area contributed by atoms with Gasteiger partial charge in [-0.1, -0.05) is 18.2 Å². The molecule has 0 saturated carbocycles. The van der Waals surface area contributed by atoms with Gasteiger partial charge in [-0.25, -0.2) is 0 Å². The van der Waals surface area contributed by atoms with E-state index >= 15 is 0 Å². The second-order valence-electron chi connectivity index (χ2n) is 4.70. The number of hydrogen-bond acceptors (Lipinski definition) is 4. The zero-order chi connectivity index (χ0) is 14.5. The molecule has 1 aliphatic rings. The molecule has 2 heterocycles.